The van der Waals surface area contributed by atoms with E-state index in [1.807, 2.05) is 12.3 Å². The predicted molar refractivity (Wildman–Crippen MR) is 118 cm³/mol. The highest BCUT2D eigenvalue weighted by Crippen LogP contribution is 2.37. The van der Waals surface area contributed by atoms with Crippen LogP contribution in [0.15, 0.2) is 34.8 Å². The number of thioether (sulfide) groups is 1. The third kappa shape index (κ3) is 6.77. The molecule has 0 saturated carbocycles. The lowest BCUT2D eigenvalue weighted by atomic mass is 10.1. The van der Waals surface area contributed by atoms with Crippen LogP contribution in [0, 0.1) is 5.82 Å². The molecule has 0 aliphatic rings. The quantitative estimate of drug-likeness (QED) is 0.441. The van der Waals surface area contributed by atoms with Gasteiger partial charge in [-0.2, -0.15) is 11.8 Å². The van der Waals surface area contributed by atoms with Gasteiger partial charge in [0.15, 0.2) is 11.5 Å². The Bertz CT molecular complexity index is 855. The predicted octanol–water partition coefficient (Wildman–Crippen LogP) is 5.13. The second kappa shape index (κ2) is 11.6. The minimum atomic E-state index is -0.904. The van der Waals surface area contributed by atoms with Gasteiger partial charge in [-0.05, 0) is 42.7 Å². The number of ether oxygens (including phenoxy) is 2. The van der Waals surface area contributed by atoms with E-state index in [1.165, 1.54) is 19.2 Å². The topological polar surface area (TPSA) is 67.8 Å². The van der Waals surface area contributed by atoms with Crippen molar-refractivity contribution in [3.63, 3.8) is 0 Å². The van der Waals surface area contributed by atoms with E-state index in [0.29, 0.717) is 23.5 Å². The zero-order valence-corrected chi connectivity index (χ0v) is 19.2. The van der Waals surface area contributed by atoms with Crippen LogP contribution in [-0.4, -0.2) is 36.2 Å². The molecule has 158 valence electrons. The lowest BCUT2D eigenvalue weighted by Gasteiger charge is -2.19. The summed E-state index contributed by atoms with van der Waals surface area (Å²) in [4.78, 5) is 11.5. The molecule has 1 unspecified atom stereocenters. The van der Waals surface area contributed by atoms with Gasteiger partial charge < -0.3 is 19.9 Å². The first-order valence-corrected chi connectivity index (χ1v) is 11.3. The Hall–Kier alpha value is -1.48. The van der Waals surface area contributed by atoms with Crippen molar-refractivity contribution < 1.29 is 23.8 Å². The van der Waals surface area contributed by atoms with Gasteiger partial charge in [0.05, 0.1) is 12.1 Å². The number of halogens is 3. The van der Waals surface area contributed by atoms with E-state index in [9.17, 15) is 14.3 Å². The van der Waals surface area contributed by atoms with Gasteiger partial charge in [0.2, 0.25) is 0 Å². The Balaban J connectivity index is 2.23. The molecule has 0 heterocycles. The normalized spacial score (nSPS) is 11.9. The van der Waals surface area contributed by atoms with Gasteiger partial charge in [-0.15, -0.1) is 0 Å². The van der Waals surface area contributed by atoms with Crippen LogP contribution in [0.5, 0.6) is 11.5 Å². The summed E-state index contributed by atoms with van der Waals surface area (Å²) in [6.07, 6.45) is 2.43. The van der Waals surface area contributed by atoms with Crippen molar-refractivity contribution in [3.8, 4) is 11.5 Å². The van der Waals surface area contributed by atoms with Gasteiger partial charge in [0.1, 0.15) is 18.5 Å². The fraction of sp³-hybridized carbons (Fsp3) is 0.350. The van der Waals surface area contributed by atoms with Crippen molar-refractivity contribution in [2.45, 2.75) is 25.6 Å². The zero-order valence-electron chi connectivity index (χ0n) is 16.0. The number of carboxylic acid groups (broad SMARTS) is 1. The summed E-state index contributed by atoms with van der Waals surface area (Å²) >= 11 is 11.2. The summed E-state index contributed by atoms with van der Waals surface area (Å²) in [5.41, 5.74) is 1.34. The molecule has 0 spiro atoms. The minimum Gasteiger partial charge on any atom is -0.493 e. The number of nitrogens with one attached hydrogen (secondary N) is 1. The van der Waals surface area contributed by atoms with Gasteiger partial charge in [-0.25, -0.2) is 4.39 Å². The Labute approximate surface area is 187 Å². The van der Waals surface area contributed by atoms with Crippen LogP contribution in [0.4, 0.5) is 4.39 Å². The average molecular weight is 507 g/mol. The van der Waals surface area contributed by atoms with E-state index in [2.05, 4.69) is 21.2 Å². The highest BCUT2D eigenvalue weighted by molar-refractivity contribution is 9.10. The van der Waals surface area contributed by atoms with Crippen molar-refractivity contribution in [1.29, 1.82) is 0 Å². The Morgan fingerprint density at radius 3 is 2.76 bits per heavy atom. The smallest absolute Gasteiger partial charge is 0.320 e. The average Bonchev–Trinajstić information content (AvgIpc) is 2.68. The summed E-state index contributed by atoms with van der Waals surface area (Å²) in [6, 6.07) is 6.98. The number of benzene rings is 2. The molecular weight excluding hydrogens is 485 g/mol. The molecule has 0 radical (unpaired) electrons. The Kier molecular flexibility index (Phi) is 9.55. The Morgan fingerprint density at radius 1 is 1.38 bits per heavy atom. The first kappa shape index (κ1) is 23.8. The SMILES string of the molecule is COc1ccc(Br)c(CNC(CCSC)C(=O)O)c1OCc1ccc(F)cc1Cl. The maximum Gasteiger partial charge on any atom is 0.320 e. The highest BCUT2D eigenvalue weighted by atomic mass is 79.9. The van der Waals surface area contributed by atoms with Gasteiger partial charge in [-0.1, -0.05) is 33.6 Å². The largest absolute Gasteiger partial charge is 0.493 e. The minimum absolute atomic E-state index is 0.105. The molecule has 0 aromatic heterocycles. The van der Waals surface area contributed by atoms with Crippen LogP contribution in [-0.2, 0) is 17.9 Å². The standard InChI is InChI=1S/C20H22BrClFNO4S/c1-27-18-6-5-15(21)14(10-24-17(20(25)26)7-8-29-2)19(18)28-11-12-3-4-13(23)9-16(12)22/h3-6,9,17,24H,7-8,10-11H2,1-2H3,(H,25,26). The third-order valence-corrected chi connectivity index (χ3v) is 5.95. The highest BCUT2D eigenvalue weighted by Gasteiger charge is 2.20. The molecular formula is C20H22BrClFNO4S. The number of methoxy groups -OCH3 is 1. The van der Waals surface area contributed by atoms with Crippen LogP contribution < -0.4 is 14.8 Å². The summed E-state index contributed by atoms with van der Waals surface area (Å²) < 4.78 is 25.4. The zero-order chi connectivity index (χ0) is 21.4. The molecule has 29 heavy (non-hydrogen) atoms. The number of aliphatic carboxylic acids is 1. The molecule has 2 N–H and O–H groups in total. The number of rotatable bonds is 11. The molecule has 2 aromatic carbocycles. The second-order valence-corrected chi connectivity index (χ2v) is 8.38. The third-order valence-electron chi connectivity index (χ3n) is 4.21. The number of carbonyl (C=O) groups is 1. The summed E-state index contributed by atoms with van der Waals surface area (Å²) in [5, 5.41) is 12.8. The van der Waals surface area contributed by atoms with Crippen molar-refractivity contribution in [1.82, 2.24) is 5.32 Å². The molecule has 0 saturated heterocycles. The summed E-state index contributed by atoms with van der Waals surface area (Å²) in [7, 11) is 1.52. The molecule has 9 heteroatoms. The first-order chi connectivity index (χ1) is 13.9. The van der Waals surface area contributed by atoms with Crippen molar-refractivity contribution in [3.05, 3.63) is 56.8 Å². The molecule has 2 rings (SSSR count). The van der Waals surface area contributed by atoms with Gasteiger partial charge >= 0.3 is 5.97 Å². The molecule has 2 aromatic rings. The van der Waals surface area contributed by atoms with Crippen LogP contribution >= 0.6 is 39.3 Å². The van der Waals surface area contributed by atoms with Crippen LogP contribution in [0.25, 0.3) is 0 Å². The molecule has 0 fully saturated rings. The Morgan fingerprint density at radius 2 is 2.14 bits per heavy atom. The second-order valence-electron chi connectivity index (χ2n) is 6.13. The van der Waals surface area contributed by atoms with Crippen LogP contribution in [0.3, 0.4) is 0 Å². The van der Waals surface area contributed by atoms with Crippen molar-refractivity contribution >= 4 is 45.3 Å². The van der Waals surface area contributed by atoms with E-state index in [-0.39, 0.29) is 18.2 Å². The van der Waals surface area contributed by atoms with Crippen LogP contribution in [0.2, 0.25) is 5.02 Å². The number of hydrogen-bond acceptors (Lipinski definition) is 5. The summed E-state index contributed by atoms with van der Waals surface area (Å²) in [5.74, 6) is 0.366. The molecule has 1 atom stereocenters. The lowest BCUT2D eigenvalue weighted by Crippen LogP contribution is -2.36. The lowest BCUT2D eigenvalue weighted by molar-refractivity contribution is -0.139. The maximum absolute atomic E-state index is 13.3. The van der Waals surface area contributed by atoms with Crippen LogP contribution in [0.1, 0.15) is 17.5 Å². The fourth-order valence-electron chi connectivity index (χ4n) is 2.63. The molecule has 0 aliphatic carbocycles. The number of hydrogen-bond donors (Lipinski definition) is 2. The van der Waals surface area contributed by atoms with E-state index in [0.717, 1.165) is 15.8 Å². The van der Waals surface area contributed by atoms with E-state index in [4.69, 9.17) is 21.1 Å². The monoisotopic (exact) mass is 505 g/mol. The fourth-order valence-corrected chi connectivity index (χ4v) is 3.77. The maximum atomic E-state index is 13.3. The van der Waals surface area contributed by atoms with Gasteiger partial charge in [0.25, 0.3) is 0 Å². The first-order valence-electron chi connectivity index (χ1n) is 8.74. The molecule has 0 aliphatic heterocycles. The van der Waals surface area contributed by atoms with E-state index in [1.54, 1.807) is 23.9 Å². The molecule has 0 bridgehead atoms. The molecule has 5 nitrogen and oxygen atoms in total. The van der Waals surface area contributed by atoms with Gasteiger partial charge in [0, 0.05) is 22.1 Å². The van der Waals surface area contributed by atoms with Gasteiger partial charge in [-0.3, -0.25) is 4.79 Å². The van der Waals surface area contributed by atoms with Crippen molar-refractivity contribution in [2.24, 2.45) is 0 Å². The van der Waals surface area contributed by atoms with E-state index >= 15 is 0 Å². The summed E-state index contributed by atoms with van der Waals surface area (Å²) in [6.45, 7) is 0.364. The molecule has 0 amide bonds. The number of carboxylic acids is 1. The van der Waals surface area contributed by atoms with Crippen molar-refractivity contribution in [2.75, 3.05) is 19.1 Å². The van der Waals surface area contributed by atoms with E-state index < -0.39 is 17.8 Å².